The Balaban J connectivity index is 1.76. The van der Waals surface area contributed by atoms with Gasteiger partial charge in [0.2, 0.25) is 0 Å². The van der Waals surface area contributed by atoms with E-state index in [0.717, 1.165) is 22.4 Å². The van der Waals surface area contributed by atoms with Crippen LogP contribution in [0.5, 0.6) is 5.75 Å². The number of carboxylic acids is 1. The van der Waals surface area contributed by atoms with Crippen LogP contribution in [0.4, 0.5) is 5.69 Å². The smallest absolute Gasteiger partial charge is 0.335 e. The summed E-state index contributed by atoms with van der Waals surface area (Å²) in [5.74, 6) is -0.347. The molecule has 0 atom stereocenters. The van der Waals surface area contributed by atoms with Crippen molar-refractivity contribution in [1.82, 2.24) is 5.16 Å². The minimum absolute atomic E-state index is 0.118. The van der Waals surface area contributed by atoms with Gasteiger partial charge in [0, 0.05) is 28.9 Å². The molecule has 7 heteroatoms. The third-order valence-electron chi connectivity index (χ3n) is 4.96. The largest absolute Gasteiger partial charge is 0.508 e. The summed E-state index contributed by atoms with van der Waals surface area (Å²) >= 11 is 6.48. The number of phenols is 1. The number of halogens is 1. The van der Waals surface area contributed by atoms with E-state index in [1.165, 1.54) is 12.1 Å². The highest BCUT2D eigenvalue weighted by molar-refractivity contribution is 6.33. The van der Waals surface area contributed by atoms with Crippen LogP contribution in [0.2, 0.25) is 5.02 Å². The summed E-state index contributed by atoms with van der Waals surface area (Å²) in [7, 11) is 0. The molecule has 0 saturated carbocycles. The number of phenolic OH excluding ortho intramolecular Hbond substituents is 1. The van der Waals surface area contributed by atoms with Gasteiger partial charge < -0.3 is 20.1 Å². The van der Waals surface area contributed by atoms with Crippen LogP contribution < -0.4 is 5.32 Å². The predicted molar refractivity (Wildman–Crippen MR) is 120 cm³/mol. The monoisotopic (exact) mass is 434 g/mol. The molecule has 0 fully saturated rings. The van der Waals surface area contributed by atoms with Crippen LogP contribution in [0.15, 0.2) is 71.3 Å². The zero-order valence-corrected chi connectivity index (χ0v) is 17.3. The van der Waals surface area contributed by atoms with Crippen LogP contribution in [0, 0.1) is 6.92 Å². The average molecular weight is 435 g/mol. The summed E-state index contributed by atoms with van der Waals surface area (Å²) in [6, 6.07) is 18.8. The second-order valence-corrected chi connectivity index (χ2v) is 7.46. The highest BCUT2D eigenvalue weighted by Gasteiger charge is 2.22. The summed E-state index contributed by atoms with van der Waals surface area (Å²) in [5.41, 5.74) is 4.74. The number of rotatable bonds is 6. The van der Waals surface area contributed by atoms with Crippen molar-refractivity contribution in [2.75, 3.05) is 5.32 Å². The molecule has 3 N–H and O–H groups in total. The van der Waals surface area contributed by atoms with Gasteiger partial charge in [0.1, 0.15) is 11.4 Å². The molecule has 0 saturated heterocycles. The molecular weight excluding hydrogens is 416 g/mol. The first kappa shape index (κ1) is 20.5. The molecule has 156 valence electrons. The molecule has 3 aromatic carbocycles. The number of anilines is 1. The van der Waals surface area contributed by atoms with Gasteiger partial charge in [-0.1, -0.05) is 41.0 Å². The minimum Gasteiger partial charge on any atom is -0.508 e. The summed E-state index contributed by atoms with van der Waals surface area (Å²) < 4.78 is 5.70. The van der Waals surface area contributed by atoms with Crippen LogP contribution >= 0.6 is 11.6 Å². The number of aryl methyl sites for hydroxylation is 1. The predicted octanol–water partition coefficient (Wildman–Crippen LogP) is 5.99. The third-order valence-corrected chi connectivity index (χ3v) is 5.27. The fourth-order valence-corrected chi connectivity index (χ4v) is 3.71. The van der Waals surface area contributed by atoms with E-state index in [4.69, 9.17) is 21.2 Å². The Kier molecular flexibility index (Phi) is 5.64. The maximum Gasteiger partial charge on any atom is 0.335 e. The lowest BCUT2D eigenvalue weighted by atomic mass is 9.99. The zero-order chi connectivity index (χ0) is 22.0. The number of hydrogen-bond acceptors (Lipinski definition) is 5. The zero-order valence-electron chi connectivity index (χ0n) is 16.6. The maximum atomic E-state index is 11.1. The minimum atomic E-state index is -0.978. The van der Waals surface area contributed by atoms with Gasteiger partial charge >= 0.3 is 5.97 Å². The Morgan fingerprint density at radius 3 is 2.52 bits per heavy atom. The first-order valence-corrected chi connectivity index (χ1v) is 9.92. The van der Waals surface area contributed by atoms with E-state index in [9.17, 15) is 9.90 Å². The molecule has 0 bridgehead atoms. The van der Waals surface area contributed by atoms with E-state index in [-0.39, 0.29) is 11.3 Å². The topological polar surface area (TPSA) is 95.6 Å². The van der Waals surface area contributed by atoms with Gasteiger partial charge in [-0.3, -0.25) is 0 Å². The average Bonchev–Trinajstić information content (AvgIpc) is 3.16. The standard InChI is InChI=1S/C24H19ClN2O4/c1-14-4-2-7-20(25)21(14)22-19(13-26-17-10-8-15(9-11-17)24(29)30)23(31-27-22)16-5-3-6-18(28)12-16/h2-12,26,28H,13H2,1H3,(H,29,30). The molecule has 4 aromatic rings. The Morgan fingerprint density at radius 2 is 1.84 bits per heavy atom. The van der Waals surface area contributed by atoms with Crippen LogP contribution in [-0.4, -0.2) is 21.3 Å². The van der Waals surface area contributed by atoms with E-state index in [2.05, 4.69) is 10.5 Å². The Morgan fingerprint density at radius 1 is 1.10 bits per heavy atom. The summed E-state index contributed by atoms with van der Waals surface area (Å²) in [4.78, 5) is 11.1. The number of aromatic nitrogens is 1. The van der Waals surface area contributed by atoms with E-state index < -0.39 is 5.97 Å². The van der Waals surface area contributed by atoms with Gasteiger partial charge in [-0.25, -0.2) is 4.79 Å². The highest BCUT2D eigenvalue weighted by Crippen LogP contribution is 2.38. The molecule has 0 unspecified atom stereocenters. The molecule has 1 heterocycles. The van der Waals surface area contributed by atoms with E-state index >= 15 is 0 Å². The Bertz CT molecular complexity index is 1230. The van der Waals surface area contributed by atoms with Crippen molar-refractivity contribution in [1.29, 1.82) is 0 Å². The number of nitrogens with zero attached hydrogens (tertiary/aromatic N) is 1. The second-order valence-electron chi connectivity index (χ2n) is 7.06. The number of carboxylic acid groups (broad SMARTS) is 1. The second kappa shape index (κ2) is 8.53. The van der Waals surface area contributed by atoms with E-state index in [1.54, 1.807) is 36.4 Å². The lowest BCUT2D eigenvalue weighted by Gasteiger charge is -2.11. The van der Waals surface area contributed by atoms with Crippen molar-refractivity contribution in [3.8, 4) is 28.3 Å². The highest BCUT2D eigenvalue weighted by atomic mass is 35.5. The first-order chi connectivity index (χ1) is 14.9. The fraction of sp³-hybridized carbons (Fsp3) is 0.0833. The number of aromatic hydroxyl groups is 1. The third kappa shape index (κ3) is 4.25. The summed E-state index contributed by atoms with van der Waals surface area (Å²) in [5, 5.41) is 27.1. The fourth-order valence-electron chi connectivity index (χ4n) is 3.40. The molecule has 4 rings (SSSR count). The molecule has 6 nitrogen and oxygen atoms in total. The lowest BCUT2D eigenvalue weighted by Crippen LogP contribution is -2.03. The number of nitrogens with one attached hydrogen (secondary N) is 1. The van der Waals surface area contributed by atoms with E-state index in [0.29, 0.717) is 28.6 Å². The summed E-state index contributed by atoms with van der Waals surface area (Å²) in [6.45, 7) is 2.30. The van der Waals surface area contributed by atoms with Gasteiger partial charge in [-0.05, 0) is 55.0 Å². The van der Waals surface area contributed by atoms with Crippen molar-refractivity contribution >= 4 is 23.3 Å². The van der Waals surface area contributed by atoms with Crippen molar-refractivity contribution < 1.29 is 19.5 Å². The van der Waals surface area contributed by atoms with Crippen molar-refractivity contribution in [3.63, 3.8) is 0 Å². The van der Waals surface area contributed by atoms with Crippen LogP contribution in [0.25, 0.3) is 22.6 Å². The Labute approximate surface area is 183 Å². The van der Waals surface area contributed by atoms with Crippen LogP contribution in [0.3, 0.4) is 0 Å². The lowest BCUT2D eigenvalue weighted by molar-refractivity contribution is 0.0697. The van der Waals surface area contributed by atoms with Gasteiger partial charge in [-0.15, -0.1) is 0 Å². The molecular formula is C24H19ClN2O4. The van der Waals surface area contributed by atoms with Gasteiger partial charge in [0.15, 0.2) is 5.76 Å². The van der Waals surface area contributed by atoms with Crippen molar-refractivity contribution in [2.45, 2.75) is 13.5 Å². The van der Waals surface area contributed by atoms with Crippen LogP contribution in [0.1, 0.15) is 21.5 Å². The normalized spacial score (nSPS) is 10.8. The Hall–Kier alpha value is -3.77. The van der Waals surface area contributed by atoms with Crippen molar-refractivity contribution in [2.24, 2.45) is 0 Å². The molecule has 0 radical (unpaired) electrons. The SMILES string of the molecule is Cc1cccc(Cl)c1-c1noc(-c2cccc(O)c2)c1CNc1ccc(C(=O)O)cc1. The first-order valence-electron chi connectivity index (χ1n) is 9.54. The number of benzene rings is 3. The molecule has 31 heavy (non-hydrogen) atoms. The molecule has 1 aromatic heterocycles. The molecule has 0 spiro atoms. The van der Waals surface area contributed by atoms with Gasteiger partial charge in [0.25, 0.3) is 0 Å². The van der Waals surface area contributed by atoms with Gasteiger partial charge in [0.05, 0.1) is 10.6 Å². The number of aromatic carboxylic acids is 1. The molecule has 0 aliphatic heterocycles. The molecule has 0 aliphatic carbocycles. The number of carbonyl (C=O) groups is 1. The van der Waals surface area contributed by atoms with Gasteiger partial charge in [-0.2, -0.15) is 0 Å². The molecule has 0 aliphatic rings. The number of hydrogen-bond donors (Lipinski definition) is 3. The molecule has 0 amide bonds. The summed E-state index contributed by atoms with van der Waals surface area (Å²) in [6.07, 6.45) is 0. The quantitative estimate of drug-likeness (QED) is 0.345. The van der Waals surface area contributed by atoms with E-state index in [1.807, 2.05) is 25.1 Å². The van der Waals surface area contributed by atoms with Crippen LogP contribution in [-0.2, 0) is 6.54 Å². The van der Waals surface area contributed by atoms with Crippen molar-refractivity contribution in [3.05, 3.63) is 88.4 Å². The maximum absolute atomic E-state index is 11.1.